The lowest BCUT2D eigenvalue weighted by atomic mass is 9.95. The van der Waals surface area contributed by atoms with Gasteiger partial charge in [-0.15, -0.1) is 11.3 Å². The molecule has 2 fully saturated rings. The molecule has 2 heterocycles. The number of carbonyl (C=O) groups is 3. The van der Waals surface area contributed by atoms with Crippen LogP contribution >= 0.6 is 22.9 Å². The number of carbonyl (C=O) groups excluding carboxylic acids is 3. The Labute approximate surface area is 220 Å². The topological polar surface area (TPSA) is 91.0 Å². The average Bonchev–Trinajstić information content (AvgIpc) is 3.58. The maximum Gasteiger partial charge on any atom is 0.261 e. The van der Waals surface area contributed by atoms with Crippen LogP contribution in [0.15, 0.2) is 36.4 Å². The van der Waals surface area contributed by atoms with Crippen molar-refractivity contribution >= 4 is 52.0 Å². The molecule has 1 aliphatic carbocycles. The number of ether oxygens (including phenoxy) is 1. The summed E-state index contributed by atoms with van der Waals surface area (Å²) >= 11 is 7.20. The highest BCUT2D eigenvalue weighted by atomic mass is 35.5. The lowest BCUT2D eigenvalue weighted by Crippen LogP contribution is -2.53. The molecule has 2 N–H and O–H groups in total. The zero-order valence-electron chi connectivity index (χ0n) is 20.9. The van der Waals surface area contributed by atoms with Gasteiger partial charge in [-0.25, -0.2) is 0 Å². The number of benzene rings is 1. The Balaban J connectivity index is 1.48. The van der Waals surface area contributed by atoms with Gasteiger partial charge in [-0.1, -0.05) is 32.4 Å². The second kappa shape index (κ2) is 11.3. The minimum Gasteiger partial charge on any atom is -0.370 e. The molecule has 10 heteroatoms. The molecule has 1 aromatic heterocycles. The fourth-order valence-corrected chi connectivity index (χ4v) is 5.22. The van der Waals surface area contributed by atoms with Crippen LogP contribution in [0.4, 0.5) is 11.4 Å². The first-order chi connectivity index (χ1) is 17.1. The van der Waals surface area contributed by atoms with Gasteiger partial charge in [0.15, 0.2) is 0 Å². The number of halogens is 1. The van der Waals surface area contributed by atoms with Crippen molar-refractivity contribution in [3.8, 4) is 0 Å². The Kier molecular flexibility index (Phi) is 8.34. The van der Waals surface area contributed by atoms with Crippen LogP contribution in [0.25, 0.3) is 0 Å². The molecule has 1 saturated heterocycles. The van der Waals surface area contributed by atoms with Crippen LogP contribution in [0.3, 0.4) is 0 Å². The molecule has 194 valence electrons. The molecular formula is C26H33ClN4O4S. The van der Waals surface area contributed by atoms with E-state index in [-0.39, 0.29) is 36.3 Å². The van der Waals surface area contributed by atoms with Gasteiger partial charge < -0.3 is 20.3 Å². The first-order valence-corrected chi connectivity index (χ1v) is 13.4. The molecule has 36 heavy (non-hydrogen) atoms. The number of nitrogens with zero attached hydrogens (tertiary/aromatic N) is 2. The highest BCUT2D eigenvalue weighted by molar-refractivity contribution is 7.18. The van der Waals surface area contributed by atoms with Crippen LogP contribution in [0.5, 0.6) is 0 Å². The lowest BCUT2D eigenvalue weighted by Gasteiger charge is -2.36. The minimum absolute atomic E-state index is 0.0151. The van der Waals surface area contributed by atoms with Crippen LogP contribution in [-0.4, -0.2) is 67.6 Å². The summed E-state index contributed by atoms with van der Waals surface area (Å²) in [6.45, 7) is 8.45. The Hall–Kier alpha value is -2.46. The van der Waals surface area contributed by atoms with Crippen LogP contribution in [0.2, 0.25) is 4.34 Å². The van der Waals surface area contributed by atoms with Gasteiger partial charge in [-0.05, 0) is 54.7 Å². The number of nitrogens with one attached hydrogen (secondary N) is 2. The molecule has 0 unspecified atom stereocenters. The summed E-state index contributed by atoms with van der Waals surface area (Å²) in [7, 11) is 0. The molecule has 1 atom stereocenters. The molecular weight excluding hydrogens is 500 g/mol. The number of morpholine rings is 1. The van der Waals surface area contributed by atoms with E-state index in [1.807, 2.05) is 12.1 Å². The van der Waals surface area contributed by atoms with E-state index in [1.54, 1.807) is 29.2 Å². The van der Waals surface area contributed by atoms with Gasteiger partial charge in [0, 0.05) is 37.1 Å². The zero-order chi connectivity index (χ0) is 25.9. The zero-order valence-corrected chi connectivity index (χ0v) is 22.5. The van der Waals surface area contributed by atoms with Gasteiger partial charge in [0.05, 0.1) is 15.8 Å². The van der Waals surface area contributed by atoms with Crippen molar-refractivity contribution in [3.63, 3.8) is 0 Å². The molecule has 2 aliphatic rings. The predicted molar refractivity (Wildman–Crippen MR) is 143 cm³/mol. The van der Waals surface area contributed by atoms with Gasteiger partial charge in [0.2, 0.25) is 5.91 Å². The summed E-state index contributed by atoms with van der Waals surface area (Å²) in [4.78, 5) is 42.8. The average molecular weight is 533 g/mol. The maximum atomic E-state index is 13.6. The number of thiophene rings is 1. The quantitative estimate of drug-likeness (QED) is 0.509. The third-order valence-electron chi connectivity index (χ3n) is 6.06. The Morgan fingerprint density at radius 2 is 1.92 bits per heavy atom. The summed E-state index contributed by atoms with van der Waals surface area (Å²) in [6, 6.07) is 10.4. The van der Waals surface area contributed by atoms with Crippen molar-refractivity contribution in [1.29, 1.82) is 0 Å². The fourth-order valence-electron chi connectivity index (χ4n) is 4.26. The summed E-state index contributed by atoms with van der Waals surface area (Å²) in [5.41, 5.74) is 1.39. The molecule has 3 amide bonds. The van der Waals surface area contributed by atoms with Crippen molar-refractivity contribution in [2.24, 2.45) is 5.41 Å². The largest absolute Gasteiger partial charge is 0.370 e. The Morgan fingerprint density at radius 3 is 2.50 bits per heavy atom. The molecule has 0 radical (unpaired) electrons. The standard InChI is InChI=1S/C26H33ClN4O4S/c1-26(2,3)16-31(19-8-9-19)20(14-28-25(34)21-10-11-22(27)36-21)24(33)29-17-4-6-18(7-5-17)30-12-13-35-15-23(30)32/h4-7,10-11,19-20H,8-9,12-16H2,1-3H3,(H,28,34)(H,29,33)/t20-/m1/s1. The fraction of sp³-hybridized carbons (Fsp3) is 0.500. The molecule has 1 aromatic carbocycles. The molecule has 8 nitrogen and oxygen atoms in total. The monoisotopic (exact) mass is 532 g/mol. The van der Waals surface area contributed by atoms with E-state index in [1.165, 1.54) is 11.3 Å². The number of hydrogen-bond donors (Lipinski definition) is 2. The van der Waals surface area contributed by atoms with Gasteiger partial charge in [-0.2, -0.15) is 0 Å². The lowest BCUT2D eigenvalue weighted by molar-refractivity contribution is -0.125. The van der Waals surface area contributed by atoms with E-state index < -0.39 is 6.04 Å². The number of hydrogen-bond acceptors (Lipinski definition) is 6. The Bertz CT molecular complexity index is 1090. The summed E-state index contributed by atoms with van der Waals surface area (Å²) < 4.78 is 5.74. The van der Waals surface area contributed by atoms with Crippen molar-refractivity contribution < 1.29 is 19.1 Å². The molecule has 0 spiro atoms. The minimum atomic E-state index is -0.531. The summed E-state index contributed by atoms with van der Waals surface area (Å²) in [5, 5.41) is 5.96. The van der Waals surface area contributed by atoms with Crippen molar-refractivity contribution in [2.75, 3.05) is 43.1 Å². The van der Waals surface area contributed by atoms with Crippen LogP contribution in [0, 0.1) is 5.41 Å². The van der Waals surface area contributed by atoms with E-state index in [4.69, 9.17) is 16.3 Å². The third kappa shape index (κ3) is 7.06. The normalized spacial score (nSPS) is 17.2. The van der Waals surface area contributed by atoms with Crippen molar-refractivity contribution in [2.45, 2.75) is 45.7 Å². The second-order valence-corrected chi connectivity index (χ2v) is 12.1. The molecule has 2 aromatic rings. The highest BCUT2D eigenvalue weighted by Gasteiger charge is 2.39. The molecule has 1 aliphatic heterocycles. The summed E-state index contributed by atoms with van der Waals surface area (Å²) in [5.74, 6) is -0.496. The van der Waals surface area contributed by atoms with Gasteiger partial charge in [0.25, 0.3) is 11.8 Å². The molecule has 1 saturated carbocycles. The Morgan fingerprint density at radius 1 is 1.19 bits per heavy atom. The van der Waals surface area contributed by atoms with E-state index in [0.717, 1.165) is 25.1 Å². The van der Waals surface area contributed by atoms with E-state index >= 15 is 0 Å². The smallest absolute Gasteiger partial charge is 0.261 e. The number of anilines is 2. The summed E-state index contributed by atoms with van der Waals surface area (Å²) in [6.07, 6.45) is 2.08. The number of amides is 3. The maximum absolute atomic E-state index is 13.6. The number of rotatable bonds is 9. The SMILES string of the molecule is CC(C)(C)CN(C1CC1)[C@H](CNC(=O)c1ccc(Cl)s1)C(=O)Nc1ccc(N2CCOCC2=O)cc1. The van der Waals surface area contributed by atoms with Gasteiger partial charge >= 0.3 is 0 Å². The van der Waals surface area contributed by atoms with E-state index in [0.29, 0.717) is 34.1 Å². The van der Waals surface area contributed by atoms with E-state index in [2.05, 4.69) is 36.3 Å². The van der Waals surface area contributed by atoms with Crippen molar-refractivity contribution in [3.05, 3.63) is 45.6 Å². The first kappa shape index (κ1) is 26.6. The van der Waals surface area contributed by atoms with Crippen LogP contribution in [0.1, 0.15) is 43.3 Å². The van der Waals surface area contributed by atoms with Crippen molar-refractivity contribution in [1.82, 2.24) is 10.2 Å². The predicted octanol–water partition coefficient (Wildman–Crippen LogP) is 4.01. The second-order valence-electron chi connectivity index (χ2n) is 10.4. The third-order valence-corrected chi connectivity index (χ3v) is 7.29. The first-order valence-electron chi connectivity index (χ1n) is 12.2. The van der Waals surface area contributed by atoms with Crippen LogP contribution < -0.4 is 15.5 Å². The van der Waals surface area contributed by atoms with E-state index in [9.17, 15) is 14.4 Å². The van der Waals surface area contributed by atoms with Gasteiger partial charge in [-0.3, -0.25) is 19.3 Å². The molecule has 4 rings (SSSR count). The highest BCUT2D eigenvalue weighted by Crippen LogP contribution is 2.32. The molecule has 0 bridgehead atoms. The van der Waals surface area contributed by atoms with Gasteiger partial charge in [0.1, 0.15) is 12.6 Å². The van der Waals surface area contributed by atoms with Crippen LogP contribution in [-0.2, 0) is 14.3 Å².